The average Bonchev–Trinajstić information content (AvgIpc) is 2.98. The van der Waals surface area contributed by atoms with Gasteiger partial charge in [0.05, 0.1) is 0 Å². The van der Waals surface area contributed by atoms with Crippen LogP contribution >= 0.6 is 0 Å². The van der Waals surface area contributed by atoms with Gasteiger partial charge in [0, 0.05) is 6.04 Å². The Morgan fingerprint density at radius 2 is 1.75 bits per heavy atom. The lowest BCUT2D eigenvalue weighted by Crippen LogP contribution is -2.17. The van der Waals surface area contributed by atoms with Crippen LogP contribution in [-0.2, 0) is 0 Å². The lowest BCUT2D eigenvalue weighted by atomic mass is 10.0. The predicted molar refractivity (Wildman–Crippen MR) is 52.8 cm³/mol. The molecule has 0 amide bonds. The number of nitrogens with two attached hydrogens (primary N) is 1. The molecule has 0 aromatic heterocycles. The van der Waals surface area contributed by atoms with E-state index in [4.69, 9.17) is 5.73 Å². The summed E-state index contributed by atoms with van der Waals surface area (Å²) in [5.41, 5.74) is 6.77. The third kappa shape index (κ3) is 2.88. The highest BCUT2D eigenvalue weighted by Gasteiger charge is 2.32. The molecule has 2 N–H and O–H groups in total. The zero-order valence-corrected chi connectivity index (χ0v) is 8.50. The van der Waals surface area contributed by atoms with Crippen LogP contribution in [0.1, 0.15) is 24.4 Å². The number of halogens is 3. The molecular formula is C11H12F3NO. The first kappa shape index (κ1) is 11.3. The molecule has 1 atom stereocenters. The van der Waals surface area contributed by atoms with Gasteiger partial charge in [-0.25, -0.2) is 0 Å². The average molecular weight is 231 g/mol. The molecule has 0 unspecified atom stereocenters. The van der Waals surface area contributed by atoms with E-state index in [-0.39, 0.29) is 11.8 Å². The van der Waals surface area contributed by atoms with Crippen LogP contribution in [0, 0.1) is 5.92 Å². The molecule has 0 heterocycles. The van der Waals surface area contributed by atoms with Crippen LogP contribution in [0.4, 0.5) is 13.2 Å². The Bertz CT molecular complexity index is 356. The summed E-state index contributed by atoms with van der Waals surface area (Å²) in [5.74, 6) is 0.272. The van der Waals surface area contributed by atoms with Crippen molar-refractivity contribution in [1.82, 2.24) is 0 Å². The van der Waals surface area contributed by atoms with Gasteiger partial charge in [-0.05, 0) is 36.5 Å². The SMILES string of the molecule is N[C@@H](c1ccc(OC(F)(F)F)cc1)C1CC1. The van der Waals surface area contributed by atoms with Crippen molar-refractivity contribution in [3.63, 3.8) is 0 Å². The molecule has 2 nitrogen and oxygen atoms in total. The van der Waals surface area contributed by atoms with E-state index >= 15 is 0 Å². The topological polar surface area (TPSA) is 35.2 Å². The summed E-state index contributed by atoms with van der Waals surface area (Å²) >= 11 is 0. The molecule has 1 aliphatic rings. The number of ether oxygens (including phenoxy) is 1. The maximum atomic E-state index is 11.9. The van der Waals surface area contributed by atoms with Gasteiger partial charge in [-0.15, -0.1) is 13.2 Å². The van der Waals surface area contributed by atoms with Gasteiger partial charge in [0.25, 0.3) is 0 Å². The third-order valence-corrected chi connectivity index (χ3v) is 2.63. The standard InChI is InChI=1S/C11H12F3NO/c12-11(13,14)16-9-5-3-8(4-6-9)10(15)7-1-2-7/h3-7,10H,1-2,15H2/t10-/m1/s1. The fourth-order valence-electron chi connectivity index (χ4n) is 1.62. The van der Waals surface area contributed by atoms with E-state index in [0.717, 1.165) is 18.4 Å². The van der Waals surface area contributed by atoms with Gasteiger partial charge >= 0.3 is 6.36 Å². The molecule has 2 rings (SSSR count). The molecule has 1 fully saturated rings. The second-order valence-electron chi connectivity index (χ2n) is 3.98. The molecule has 88 valence electrons. The van der Waals surface area contributed by atoms with Crippen molar-refractivity contribution >= 4 is 0 Å². The number of hydrogen-bond acceptors (Lipinski definition) is 2. The third-order valence-electron chi connectivity index (χ3n) is 2.63. The summed E-state index contributed by atoms with van der Waals surface area (Å²) in [6, 6.07) is 5.70. The number of hydrogen-bond donors (Lipinski definition) is 1. The molecule has 1 saturated carbocycles. The van der Waals surface area contributed by atoms with Crippen LogP contribution in [0.3, 0.4) is 0 Å². The summed E-state index contributed by atoms with van der Waals surface area (Å²) < 4.78 is 39.4. The van der Waals surface area contributed by atoms with Gasteiger partial charge in [0.1, 0.15) is 5.75 Å². The molecule has 16 heavy (non-hydrogen) atoms. The largest absolute Gasteiger partial charge is 0.573 e. The summed E-state index contributed by atoms with van der Waals surface area (Å²) in [6.07, 6.45) is -2.44. The minimum Gasteiger partial charge on any atom is -0.406 e. The Labute approximate surface area is 91.2 Å². The summed E-state index contributed by atoms with van der Waals surface area (Å²) in [5, 5.41) is 0. The molecule has 1 aromatic carbocycles. The van der Waals surface area contributed by atoms with Crippen LogP contribution < -0.4 is 10.5 Å². The zero-order chi connectivity index (χ0) is 11.8. The lowest BCUT2D eigenvalue weighted by molar-refractivity contribution is -0.274. The van der Waals surface area contributed by atoms with Crippen molar-refractivity contribution < 1.29 is 17.9 Å². The fraction of sp³-hybridized carbons (Fsp3) is 0.455. The van der Waals surface area contributed by atoms with Crippen LogP contribution in [-0.4, -0.2) is 6.36 Å². The van der Waals surface area contributed by atoms with E-state index in [9.17, 15) is 13.2 Å². The Morgan fingerprint density at radius 1 is 1.19 bits per heavy atom. The van der Waals surface area contributed by atoms with E-state index in [1.165, 1.54) is 12.1 Å². The van der Waals surface area contributed by atoms with Crippen molar-refractivity contribution in [2.75, 3.05) is 0 Å². The van der Waals surface area contributed by atoms with E-state index < -0.39 is 6.36 Å². The van der Waals surface area contributed by atoms with Crippen LogP contribution in [0.2, 0.25) is 0 Å². The lowest BCUT2D eigenvalue weighted by Gasteiger charge is -2.12. The predicted octanol–water partition coefficient (Wildman–Crippen LogP) is 3.00. The van der Waals surface area contributed by atoms with Gasteiger partial charge in [0.2, 0.25) is 0 Å². The second-order valence-corrected chi connectivity index (χ2v) is 3.98. The number of alkyl halides is 3. The van der Waals surface area contributed by atoms with E-state index in [1.54, 1.807) is 12.1 Å². The highest BCUT2D eigenvalue weighted by atomic mass is 19.4. The Morgan fingerprint density at radius 3 is 2.19 bits per heavy atom. The monoisotopic (exact) mass is 231 g/mol. The van der Waals surface area contributed by atoms with Gasteiger partial charge < -0.3 is 10.5 Å². The van der Waals surface area contributed by atoms with Crippen molar-refractivity contribution in [3.8, 4) is 5.75 Å². The van der Waals surface area contributed by atoms with Crippen molar-refractivity contribution in [3.05, 3.63) is 29.8 Å². The fourth-order valence-corrected chi connectivity index (χ4v) is 1.62. The zero-order valence-electron chi connectivity index (χ0n) is 8.50. The van der Waals surface area contributed by atoms with Crippen LogP contribution in [0.5, 0.6) is 5.75 Å². The highest BCUT2D eigenvalue weighted by Crippen LogP contribution is 2.39. The van der Waals surface area contributed by atoms with E-state index in [1.807, 2.05) is 0 Å². The van der Waals surface area contributed by atoms with Crippen molar-refractivity contribution in [2.24, 2.45) is 11.7 Å². The van der Waals surface area contributed by atoms with Crippen molar-refractivity contribution in [1.29, 1.82) is 0 Å². The van der Waals surface area contributed by atoms with Gasteiger partial charge in [-0.2, -0.15) is 0 Å². The maximum absolute atomic E-state index is 11.9. The molecule has 5 heteroatoms. The first-order valence-electron chi connectivity index (χ1n) is 5.07. The molecular weight excluding hydrogens is 219 g/mol. The summed E-state index contributed by atoms with van der Waals surface area (Å²) in [4.78, 5) is 0. The quantitative estimate of drug-likeness (QED) is 0.867. The van der Waals surface area contributed by atoms with Crippen molar-refractivity contribution in [2.45, 2.75) is 25.2 Å². The molecule has 1 aromatic rings. The minimum absolute atomic E-state index is 0.0695. The van der Waals surface area contributed by atoms with E-state index in [0.29, 0.717) is 5.92 Å². The molecule has 0 saturated heterocycles. The molecule has 0 aliphatic heterocycles. The summed E-state index contributed by atoms with van der Waals surface area (Å²) in [6.45, 7) is 0. The van der Waals surface area contributed by atoms with Gasteiger partial charge in [-0.3, -0.25) is 0 Å². The Kier molecular flexibility index (Phi) is 2.80. The molecule has 0 spiro atoms. The Balaban J connectivity index is 2.04. The maximum Gasteiger partial charge on any atom is 0.573 e. The minimum atomic E-state index is -4.64. The molecule has 0 bridgehead atoms. The highest BCUT2D eigenvalue weighted by molar-refractivity contribution is 5.30. The molecule has 1 aliphatic carbocycles. The number of rotatable bonds is 3. The number of benzene rings is 1. The van der Waals surface area contributed by atoms with E-state index in [2.05, 4.69) is 4.74 Å². The van der Waals surface area contributed by atoms with Gasteiger partial charge in [-0.1, -0.05) is 12.1 Å². The van der Waals surface area contributed by atoms with Crippen LogP contribution in [0.15, 0.2) is 24.3 Å². The first-order chi connectivity index (χ1) is 7.46. The first-order valence-corrected chi connectivity index (χ1v) is 5.07. The van der Waals surface area contributed by atoms with Gasteiger partial charge in [0.15, 0.2) is 0 Å². The smallest absolute Gasteiger partial charge is 0.406 e. The normalized spacial score (nSPS) is 18.2. The Hall–Kier alpha value is -1.23. The van der Waals surface area contributed by atoms with Crippen LogP contribution in [0.25, 0.3) is 0 Å². The summed E-state index contributed by atoms with van der Waals surface area (Å²) in [7, 11) is 0. The second kappa shape index (κ2) is 3.97. The molecule has 0 radical (unpaired) electrons.